The predicted octanol–water partition coefficient (Wildman–Crippen LogP) is 4.97. The second-order valence-corrected chi connectivity index (χ2v) is 12.9. The third-order valence-electron chi connectivity index (χ3n) is 8.63. The topological polar surface area (TPSA) is 110 Å². The molecule has 2 N–H and O–H groups in total. The average Bonchev–Trinajstić information content (AvgIpc) is 3.77. The monoisotopic (exact) mass is 565 g/mol. The van der Waals surface area contributed by atoms with E-state index in [1.165, 1.54) is 24.3 Å². The Morgan fingerprint density at radius 1 is 1.00 bits per heavy atom. The van der Waals surface area contributed by atoms with E-state index in [2.05, 4.69) is 5.32 Å². The summed E-state index contributed by atoms with van der Waals surface area (Å²) in [6, 6.07) is 17.1. The number of fused-ring (bicyclic) bond motifs is 2. The number of amides is 1. The van der Waals surface area contributed by atoms with Crippen LogP contribution in [0.4, 0.5) is 14.9 Å². The number of quaternary nitrogens is 1. The molecule has 3 aromatic rings. The molecule has 1 saturated carbocycles. The van der Waals surface area contributed by atoms with Crippen LogP contribution in [0.15, 0.2) is 77.7 Å². The Bertz CT molecular complexity index is 1570. The minimum absolute atomic E-state index is 0.0306. The molecule has 0 aromatic heterocycles. The van der Waals surface area contributed by atoms with Gasteiger partial charge in [0.25, 0.3) is 0 Å². The van der Waals surface area contributed by atoms with E-state index in [4.69, 9.17) is 4.74 Å². The summed E-state index contributed by atoms with van der Waals surface area (Å²) in [6.07, 6.45) is 1.61. The number of benzene rings is 3. The smallest absolute Gasteiger partial charge is 0.478 e. The van der Waals surface area contributed by atoms with Crippen LogP contribution in [0.5, 0.6) is 0 Å². The predicted molar refractivity (Wildman–Crippen MR) is 146 cm³/mol. The van der Waals surface area contributed by atoms with Gasteiger partial charge in [0.15, 0.2) is 5.69 Å². The first-order chi connectivity index (χ1) is 19.2. The summed E-state index contributed by atoms with van der Waals surface area (Å²) in [5.41, 5.74) is 0.738. The summed E-state index contributed by atoms with van der Waals surface area (Å²) in [5, 5.41) is 13.2. The number of sulfonamides is 1. The Morgan fingerprint density at radius 2 is 1.68 bits per heavy atom. The van der Waals surface area contributed by atoms with E-state index >= 15 is 0 Å². The largest absolute Gasteiger partial charge is 0.538 e. The van der Waals surface area contributed by atoms with Crippen molar-refractivity contribution in [2.75, 3.05) is 13.1 Å². The Balaban J connectivity index is 1.63. The number of halogens is 1. The Morgan fingerprint density at radius 3 is 2.30 bits per heavy atom. The van der Waals surface area contributed by atoms with Gasteiger partial charge in [0.2, 0.25) is 0 Å². The average molecular weight is 566 g/mol. The van der Waals surface area contributed by atoms with Gasteiger partial charge in [-0.2, -0.15) is 13.2 Å². The molecule has 1 amide bonds. The van der Waals surface area contributed by atoms with Crippen molar-refractivity contribution >= 4 is 27.8 Å². The maximum atomic E-state index is 14.9. The van der Waals surface area contributed by atoms with E-state index in [1.807, 2.05) is 6.07 Å². The highest BCUT2D eigenvalue weighted by molar-refractivity contribution is 7.91. The molecular formula is C30H30FN2O6S+. The summed E-state index contributed by atoms with van der Waals surface area (Å²) in [6.45, 7) is 1.05. The van der Waals surface area contributed by atoms with Gasteiger partial charge < -0.3 is 15.2 Å². The Kier molecular flexibility index (Phi) is 6.52. The maximum Gasteiger partial charge on any atom is 0.538 e. The van der Waals surface area contributed by atoms with Crippen LogP contribution in [0.3, 0.4) is 0 Å². The number of hydrogen-bond donors (Lipinski definition) is 2. The van der Waals surface area contributed by atoms with E-state index < -0.39 is 43.2 Å². The fraction of sp³-hybridized carbons (Fsp3) is 0.333. The molecule has 0 radical (unpaired) electrons. The summed E-state index contributed by atoms with van der Waals surface area (Å²) in [4.78, 5) is 26.4. The molecule has 6 rings (SSSR count). The molecule has 2 atom stereocenters. The van der Waals surface area contributed by atoms with Crippen molar-refractivity contribution < 1.29 is 32.2 Å². The van der Waals surface area contributed by atoms with Crippen LogP contribution in [-0.4, -0.2) is 44.7 Å². The molecule has 1 spiro atoms. The summed E-state index contributed by atoms with van der Waals surface area (Å²) >= 11 is 0. The number of rotatable bonds is 6. The van der Waals surface area contributed by atoms with Crippen LogP contribution < -0.4 is 9.21 Å². The lowest BCUT2D eigenvalue weighted by Crippen LogP contribution is -2.67. The van der Waals surface area contributed by atoms with Gasteiger partial charge in [-0.3, -0.25) is 0 Å². The second-order valence-electron chi connectivity index (χ2n) is 10.9. The first kappa shape index (κ1) is 26.6. The van der Waals surface area contributed by atoms with Crippen LogP contribution in [0, 0.1) is 11.7 Å². The van der Waals surface area contributed by atoms with Gasteiger partial charge in [-0.1, -0.05) is 34.2 Å². The van der Waals surface area contributed by atoms with Gasteiger partial charge in [-0.25, -0.2) is 9.18 Å². The Hall–Kier alpha value is -3.60. The molecule has 3 aliphatic rings. The molecule has 2 unspecified atom stereocenters. The molecule has 0 bridgehead atoms. The van der Waals surface area contributed by atoms with E-state index in [9.17, 15) is 27.5 Å². The number of piperidine rings is 1. The van der Waals surface area contributed by atoms with Gasteiger partial charge in [0.1, 0.15) is 23.4 Å². The lowest BCUT2D eigenvalue weighted by molar-refractivity contribution is 0.0696. The van der Waals surface area contributed by atoms with Gasteiger partial charge >= 0.3 is 22.1 Å². The second kappa shape index (κ2) is 9.79. The minimum atomic E-state index is -4.57. The zero-order valence-corrected chi connectivity index (χ0v) is 22.6. The normalized spacial score (nSPS) is 23.5. The van der Waals surface area contributed by atoms with Crippen LogP contribution in [0.25, 0.3) is 0 Å². The van der Waals surface area contributed by atoms with Crippen molar-refractivity contribution in [3.63, 3.8) is 0 Å². The molecule has 1 saturated heterocycles. The molecule has 40 heavy (non-hydrogen) atoms. The number of carbonyl (C=O) groups excluding carboxylic acids is 1. The minimum Gasteiger partial charge on any atom is -0.478 e. The first-order valence-electron chi connectivity index (χ1n) is 13.4. The summed E-state index contributed by atoms with van der Waals surface area (Å²) in [7, 11) is -4.57. The number of hydrogen-bond acceptors (Lipinski definition) is 6. The zero-order valence-electron chi connectivity index (χ0n) is 21.8. The molecule has 10 heteroatoms. The van der Waals surface area contributed by atoms with Gasteiger partial charge in [-0.05, 0) is 80.7 Å². The molecule has 3 aromatic carbocycles. The quantitative estimate of drug-likeness (QED) is 0.406. The fourth-order valence-corrected chi connectivity index (χ4v) is 8.94. The number of aromatic carboxylic acids is 1. The summed E-state index contributed by atoms with van der Waals surface area (Å²) in [5.74, 6) is -1.83. The molecular weight excluding hydrogens is 535 g/mol. The molecule has 208 valence electrons. The highest BCUT2D eigenvalue weighted by atomic mass is 32.2. The molecule has 2 aliphatic heterocycles. The maximum absolute atomic E-state index is 14.9. The standard InChI is InChI=1S/C30H29FN2O6S/c31-23-9-11-24(12-10-23)40(37,38)33(29(36)39-19-20-4-2-1-3-5-20)26-13-8-22(28(34)35)18-25(26)30(14-16-32-17-15-30)27(33)21-6-7-21/h1-5,8-13,18,21,27,32H,6-7,14-17,19H2/p+1. The van der Waals surface area contributed by atoms with Crippen molar-refractivity contribution in [2.45, 2.75) is 48.6 Å². The summed E-state index contributed by atoms with van der Waals surface area (Å²) < 4.78 is 48.5. The van der Waals surface area contributed by atoms with Crippen LogP contribution in [-0.2, 0) is 26.8 Å². The van der Waals surface area contributed by atoms with Crippen molar-refractivity contribution in [1.29, 1.82) is 0 Å². The third kappa shape index (κ3) is 3.96. The number of nitrogens with one attached hydrogen (secondary N) is 1. The lowest BCUT2D eigenvalue weighted by Gasteiger charge is -2.43. The van der Waals surface area contributed by atoms with Crippen LogP contribution >= 0.6 is 0 Å². The fourth-order valence-electron chi connectivity index (χ4n) is 6.79. The number of ether oxygens (including phenoxy) is 1. The Labute approximate surface area is 232 Å². The first-order valence-corrected chi connectivity index (χ1v) is 14.9. The number of nitrogens with zero attached hydrogens (tertiary/aromatic N) is 1. The van der Waals surface area contributed by atoms with E-state index in [1.54, 1.807) is 30.3 Å². The van der Waals surface area contributed by atoms with E-state index in [0.29, 0.717) is 37.1 Å². The number of carboxylic acid groups (broad SMARTS) is 1. The van der Waals surface area contributed by atoms with Gasteiger partial charge in [0.05, 0.1) is 11.0 Å². The highest BCUT2D eigenvalue weighted by Crippen LogP contribution is 2.62. The SMILES string of the molecule is O=C(O)c1ccc2c(c1)C1(CCNCC1)C(C1CC1)[N+]2(C(=O)OCc1ccccc1)S(=O)(=O)c1ccc(F)cc1. The van der Waals surface area contributed by atoms with Crippen molar-refractivity contribution in [3.05, 3.63) is 95.3 Å². The number of carbonyl (C=O) groups is 2. The highest BCUT2D eigenvalue weighted by Gasteiger charge is 2.75. The molecule has 2 heterocycles. The van der Waals surface area contributed by atoms with Crippen molar-refractivity contribution in [2.24, 2.45) is 5.92 Å². The van der Waals surface area contributed by atoms with Crippen LogP contribution in [0.1, 0.15) is 47.2 Å². The van der Waals surface area contributed by atoms with Gasteiger partial charge in [0, 0.05) is 17.5 Å². The van der Waals surface area contributed by atoms with Crippen LogP contribution in [0.2, 0.25) is 0 Å². The van der Waals surface area contributed by atoms with Crippen molar-refractivity contribution in [3.8, 4) is 0 Å². The van der Waals surface area contributed by atoms with E-state index in [0.717, 1.165) is 25.0 Å². The number of carboxylic acids is 1. The van der Waals surface area contributed by atoms with E-state index in [-0.39, 0.29) is 28.7 Å². The molecule has 1 aliphatic carbocycles. The lowest BCUT2D eigenvalue weighted by atomic mass is 9.68. The molecule has 8 nitrogen and oxygen atoms in total. The third-order valence-corrected chi connectivity index (χ3v) is 10.8. The van der Waals surface area contributed by atoms with Gasteiger partial charge in [-0.15, -0.1) is 0 Å². The molecule has 2 fully saturated rings. The zero-order chi connectivity index (χ0) is 28.1. The van der Waals surface area contributed by atoms with Crippen molar-refractivity contribution in [1.82, 2.24) is 9.21 Å².